The summed E-state index contributed by atoms with van der Waals surface area (Å²) in [5.74, 6) is -2.29. The van der Waals surface area contributed by atoms with Crippen molar-refractivity contribution in [2.45, 2.75) is 130 Å². The number of benzene rings is 1. The summed E-state index contributed by atoms with van der Waals surface area (Å²) in [6.45, 7) is 16.1. The molecule has 5 amide bonds. The van der Waals surface area contributed by atoms with Gasteiger partial charge < -0.3 is 32.7 Å². The number of fused-ring (bicyclic) bond motifs is 1. The van der Waals surface area contributed by atoms with E-state index in [4.69, 9.17) is 16.5 Å². The first-order chi connectivity index (χ1) is 23.1. The van der Waals surface area contributed by atoms with Gasteiger partial charge in [0, 0.05) is 12.8 Å². The Balaban J connectivity index is 2.35. The molecular weight excluding hydrogens is 643 g/mol. The van der Waals surface area contributed by atoms with Crippen molar-refractivity contribution in [2.75, 3.05) is 6.54 Å². The lowest BCUT2D eigenvalue weighted by Gasteiger charge is -2.29. The van der Waals surface area contributed by atoms with E-state index in [1.165, 1.54) is 16.9 Å². The molecule has 1 aromatic carbocycles. The molecule has 13 heteroatoms. The second kappa shape index (κ2) is 20.2. The van der Waals surface area contributed by atoms with Crippen molar-refractivity contribution in [1.29, 1.82) is 0 Å². The molecule has 2 rings (SSSR count). The maximum Gasteiger partial charge on any atom is 0.243 e. The van der Waals surface area contributed by atoms with E-state index in [1.54, 1.807) is 0 Å². The molecule has 1 heterocycles. The molecule has 0 saturated carbocycles. The minimum absolute atomic E-state index is 0.0799. The number of amides is 5. The molecule has 5 atom stereocenters. The topological polar surface area (TPSA) is 198 Å². The molecule has 0 spiro atoms. The third-order valence-corrected chi connectivity index (χ3v) is 9.53. The molecule has 0 aliphatic carbocycles. The third kappa shape index (κ3) is 13.7. The summed E-state index contributed by atoms with van der Waals surface area (Å²) in [7, 11) is 0. The monoisotopic (exact) mass is 701 g/mol. The van der Waals surface area contributed by atoms with Crippen LogP contribution in [0.2, 0.25) is 0 Å². The summed E-state index contributed by atoms with van der Waals surface area (Å²) in [5, 5.41) is 12.0. The van der Waals surface area contributed by atoms with E-state index in [0.29, 0.717) is 43.2 Å². The first-order valence-electron chi connectivity index (χ1n) is 17.6. The Bertz CT molecular complexity index is 1410. The summed E-state index contributed by atoms with van der Waals surface area (Å²) in [5.41, 5.74) is 13.3. The Hall–Kier alpha value is -3.58. The van der Waals surface area contributed by atoms with Gasteiger partial charge >= 0.3 is 0 Å². The Kier molecular flexibility index (Phi) is 17.1. The normalized spacial score (nSPS) is 14.7. The zero-order valence-electron chi connectivity index (χ0n) is 30.6. The molecule has 1 aromatic heterocycles. The van der Waals surface area contributed by atoms with Crippen LogP contribution in [0.15, 0.2) is 18.2 Å². The third-order valence-electron chi connectivity index (χ3n) is 8.49. The Morgan fingerprint density at radius 2 is 1.47 bits per heavy atom. The Morgan fingerprint density at radius 1 is 0.816 bits per heavy atom. The van der Waals surface area contributed by atoms with Gasteiger partial charge in [0.15, 0.2) is 0 Å². The van der Waals surface area contributed by atoms with Crippen LogP contribution in [-0.2, 0) is 30.4 Å². The number of unbranched alkanes of at least 4 members (excludes halogenated alkanes) is 1. The van der Waals surface area contributed by atoms with Crippen LogP contribution in [0.25, 0.3) is 10.2 Å². The summed E-state index contributed by atoms with van der Waals surface area (Å²) in [6, 6.07) is 2.27. The fourth-order valence-electron chi connectivity index (χ4n) is 5.41. The highest BCUT2D eigenvalue weighted by molar-refractivity contribution is 7.18. The molecule has 0 saturated heterocycles. The van der Waals surface area contributed by atoms with Crippen LogP contribution in [0.5, 0.6) is 0 Å². The zero-order chi connectivity index (χ0) is 36.8. The Labute approximate surface area is 295 Å². The maximum atomic E-state index is 13.9. The van der Waals surface area contributed by atoms with Crippen molar-refractivity contribution in [3.8, 4) is 0 Å². The van der Waals surface area contributed by atoms with E-state index < -0.39 is 47.8 Å². The molecule has 0 aliphatic rings. The van der Waals surface area contributed by atoms with Crippen LogP contribution < -0.4 is 32.7 Å². The van der Waals surface area contributed by atoms with E-state index in [-0.39, 0.29) is 42.9 Å². The van der Waals surface area contributed by atoms with Crippen molar-refractivity contribution < 1.29 is 24.0 Å². The average Bonchev–Trinajstić information content (AvgIpc) is 3.42. The molecule has 12 nitrogen and oxygen atoms in total. The van der Waals surface area contributed by atoms with Gasteiger partial charge in [-0.05, 0) is 73.6 Å². The number of nitrogens with one attached hydrogen (secondary N) is 4. The number of primary amides is 1. The van der Waals surface area contributed by atoms with Crippen LogP contribution in [-0.4, -0.2) is 65.2 Å². The van der Waals surface area contributed by atoms with Crippen LogP contribution in [0.4, 0.5) is 0 Å². The summed E-state index contributed by atoms with van der Waals surface area (Å²) in [4.78, 5) is 71.0. The predicted octanol–water partition coefficient (Wildman–Crippen LogP) is 3.65. The van der Waals surface area contributed by atoms with Gasteiger partial charge in [-0.2, -0.15) is 0 Å². The second-order valence-electron chi connectivity index (χ2n) is 14.2. The number of carbonyl (C=O) groups excluding carboxylic acids is 5. The first kappa shape index (κ1) is 41.6. The van der Waals surface area contributed by atoms with Crippen molar-refractivity contribution in [2.24, 2.45) is 29.2 Å². The van der Waals surface area contributed by atoms with Gasteiger partial charge in [0.05, 0.1) is 15.2 Å². The highest BCUT2D eigenvalue weighted by Gasteiger charge is 2.33. The highest BCUT2D eigenvalue weighted by atomic mass is 32.1. The first-order valence-corrected chi connectivity index (χ1v) is 18.5. The van der Waals surface area contributed by atoms with E-state index in [0.717, 1.165) is 10.2 Å². The fourth-order valence-corrected chi connectivity index (χ4v) is 6.47. The average molecular weight is 702 g/mol. The number of thiazole rings is 1. The Morgan fingerprint density at radius 3 is 2.04 bits per heavy atom. The summed E-state index contributed by atoms with van der Waals surface area (Å²) >= 11 is 1.47. The minimum atomic E-state index is -1.00. The van der Waals surface area contributed by atoms with Crippen molar-refractivity contribution in [1.82, 2.24) is 26.3 Å². The SMILES string of the molecule is CC[C@H](C)[C@H](NC(=O)[C@H](Cc1nc2ccc(C(C)C)cc2s1)NC(=O)CC(C)C)C(=O)N[C@@H](CCCCN)C(=O)N[C@@H](CC(C)C)C(N)=O. The van der Waals surface area contributed by atoms with E-state index in [2.05, 4.69) is 41.2 Å². The van der Waals surface area contributed by atoms with Gasteiger partial charge in [0.1, 0.15) is 24.2 Å². The number of nitrogens with two attached hydrogens (primary N) is 2. The lowest BCUT2D eigenvalue weighted by atomic mass is 9.96. The van der Waals surface area contributed by atoms with Crippen molar-refractivity contribution in [3.05, 3.63) is 28.8 Å². The zero-order valence-corrected chi connectivity index (χ0v) is 31.4. The largest absolute Gasteiger partial charge is 0.368 e. The number of hydrogen-bond acceptors (Lipinski definition) is 8. The minimum Gasteiger partial charge on any atom is -0.368 e. The van der Waals surface area contributed by atoms with Crippen molar-refractivity contribution in [3.63, 3.8) is 0 Å². The van der Waals surface area contributed by atoms with Gasteiger partial charge in [-0.1, -0.05) is 67.9 Å². The molecule has 2 aromatic rings. The van der Waals surface area contributed by atoms with Gasteiger partial charge in [0.25, 0.3) is 0 Å². The standard InChI is InChI=1S/C36H59N7O5S/c1-9-23(8)32(36(48)41-26(12-10-11-15-37)34(46)42-27(33(38)45)16-20(2)3)43-35(47)28(39-30(44)17-21(4)5)19-31-40-25-14-13-24(22(6)7)18-29(25)49-31/h13-14,18,20-23,26-28,32H,9-12,15-17,19,37H2,1-8H3,(H2,38,45)(H,39,44)(H,41,48)(H,42,46)(H,43,47)/t23-,26-,27-,28-,32-/m0/s1. The fraction of sp³-hybridized carbons (Fsp3) is 0.667. The van der Waals surface area contributed by atoms with Crippen LogP contribution in [0.3, 0.4) is 0 Å². The predicted molar refractivity (Wildman–Crippen MR) is 196 cm³/mol. The molecular formula is C36H59N7O5S. The molecule has 0 aliphatic heterocycles. The quantitative estimate of drug-likeness (QED) is 0.107. The molecule has 8 N–H and O–H groups in total. The molecule has 0 radical (unpaired) electrons. The number of rotatable bonds is 21. The lowest BCUT2D eigenvalue weighted by Crippen LogP contribution is -2.59. The van der Waals surface area contributed by atoms with Gasteiger partial charge in [-0.3, -0.25) is 24.0 Å². The van der Waals surface area contributed by atoms with Gasteiger partial charge in [-0.25, -0.2) is 4.98 Å². The number of hydrogen-bond donors (Lipinski definition) is 6. The molecule has 49 heavy (non-hydrogen) atoms. The van der Waals surface area contributed by atoms with Crippen LogP contribution >= 0.6 is 11.3 Å². The smallest absolute Gasteiger partial charge is 0.243 e. The maximum absolute atomic E-state index is 13.9. The summed E-state index contributed by atoms with van der Waals surface area (Å²) in [6.07, 6.45) is 2.78. The van der Waals surface area contributed by atoms with Crippen LogP contribution in [0, 0.1) is 17.8 Å². The molecule has 0 fully saturated rings. The van der Waals surface area contributed by atoms with Crippen molar-refractivity contribution >= 4 is 51.1 Å². The van der Waals surface area contributed by atoms with E-state index in [1.807, 2.05) is 53.7 Å². The molecule has 0 bridgehead atoms. The lowest BCUT2D eigenvalue weighted by molar-refractivity contribution is -0.135. The van der Waals surface area contributed by atoms with E-state index in [9.17, 15) is 24.0 Å². The van der Waals surface area contributed by atoms with E-state index >= 15 is 0 Å². The highest BCUT2D eigenvalue weighted by Crippen LogP contribution is 2.27. The number of carbonyl (C=O) groups is 5. The molecule has 0 unspecified atom stereocenters. The summed E-state index contributed by atoms with van der Waals surface area (Å²) < 4.78 is 0.997. The van der Waals surface area contributed by atoms with Gasteiger partial charge in [-0.15, -0.1) is 11.3 Å². The second-order valence-corrected chi connectivity index (χ2v) is 15.3. The van der Waals surface area contributed by atoms with Gasteiger partial charge in [0.2, 0.25) is 29.5 Å². The number of aromatic nitrogens is 1. The number of nitrogens with zero attached hydrogens (tertiary/aromatic N) is 1. The molecule has 274 valence electrons. The van der Waals surface area contributed by atoms with Crippen LogP contribution in [0.1, 0.15) is 110 Å².